The molecule has 9 heteroatoms. The van der Waals surface area contributed by atoms with Gasteiger partial charge in [-0.25, -0.2) is 19.7 Å². The lowest BCUT2D eigenvalue weighted by Crippen LogP contribution is -2.46. The van der Waals surface area contributed by atoms with E-state index in [2.05, 4.69) is 37.0 Å². The van der Waals surface area contributed by atoms with Gasteiger partial charge in [-0.05, 0) is 6.54 Å². The van der Waals surface area contributed by atoms with E-state index >= 15 is 0 Å². The Labute approximate surface area is 137 Å². The number of carboxylic acid groups (broad SMARTS) is 1. The van der Waals surface area contributed by atoms with Gasteiger partial charge in [-0.15, -0.1) is 0 Å². The van der Waals surface area contributed by atoms with E-state index in [1.807, 2.05) is 6.07 Å². The summed E-state index contributed by atoms with van der Waals surface area (Å²) in [6, 6.07) is 1.86. The summed E-state index contributed by atoms with van der Waals surface area (Å²) in [5.41, 5.74) is 0. The molecule has 0 aromatic carbocycles. The minimum Gasteiger partial charge on any atom is -0.477 e. The number of aromatic nitrogens is 3. The van der Waals surface area contributed by atoms with E-state index in [1.54, 1.807) is 0 Å². The highest BCUT2D eigenvalue weighted by molar-refractivity contribution is 7.17. The maximum Gasteiger partial charge on any atom is 0.347 e. The molecule has 0 atom stereocenters. The second kappa shape index (κ2) is 6.88. The van der Waals surface area contributed by atoms with Gasteiger partial charge in [0.2, 0.25) is 0 Å². The summed E-state index contributed by atoms with van der Waals surface area (Å²) in [6.07, 6.45) is 2.84. The first kappa shape index (κ1) is 15.6. The summed E-state index contributed by atoms with van der Waals surface area (Å²) >= 11 is 1.08. The van der Waals surface area contributed by atoms with Gasteiger partial charge in [-0.3, -0.25) is 0 Å². The summed E-state index contributed by atoms with van der Waals surface area (Å²) in [5, 5.41) is 12.5. The molecule has 0 saturated carbocycles. The van der Waals surface area contributed by atoms with E-state index < -0.39 is 5.97 Å². The molecular weight excluding hydrogens is 316 g/mol. The van der Waals surface area contributed by atoms with Crippen LogP contribution >= 0.6 is 11.3 Å². The molecule has 1 saturated heterocycles. The van der Waals surface area contributed by atoms with Crippen molar-refractivity contribution in [3.8, 4) is 0 Å². The fourth-order valence-electron chi connectivity index (χ4n) is 2.42. The Morgan fingerprint density at radius 1 is 1.30 bits per heavy atom. The number of carboxylic acids is 1. The SMILES string of the molecule is CCN1CCN(c2cc(Nc3ncc(C(=O)O)s3)ncn2)CC1. The molecule has 2 aromatic heterocycles. The lowest BCUT2D eigenvalue weighted by Gasteiger charge is -2.34. The van der Waals surface area contributed by atoms with E-state index in [0.717, 1.165) is 49.9 Å². The molecular formula is C14H18N6O2S. The minimum atomic E-state index is -0.979. The Hall–Kier alpha value is -2.26. The zero-order valence-corrected chi connectivity index (χ0v) is 13.6. The van der Waals surface area contributed by atoms with E-state index in [9.17, 15) is 4.79 Å². The van der Waals surface area contributed by atoms with Crippen LogP contribution in [0.25, 0.3) is 0 Å². The van der Waals surface area contributed by atoms with E-state index in [-0.39, 0.29) is 4.88 Å². The van der Waals surface area contributed by atoms with Crippen molar-refractivity contribution in [2.45, 2.75) is 6.92 Å². The van der Waals surface area contributed by atoms with Gasteiger partial charge in [0.05, 0.1) is 6.20 Å². The third-order valence-electron chi connectivity index (χ3n) is 3.75. The molecule has 0 aliphatic carbocycles. The van der Waals surface area contributed by atoms with Crippen LogP contribution < -0.4 is 10.2 Å². The smallest absolute Gasteiger partial charge is 0.347 e. The third kappa shape index (κ3) is 3.74. The average molecular weight is 334 g/mol. The Bertz CT molecular complexity index is 683. The minimum absolute atomic E-state index is 0.192. The highest BCUT2D eigenvalue weighted by Gasteiger charge is 2.17. The number of nitrogens with zero attached hydrogens (tertiary/aromatic N) is 5. The zero-order chi connectivity index (χ0) is 16.2. The van der Waals surface area contributed by atoms with Crippen LogP contribution in [0.5, 0.6) is 0 Å². The largest absolute Gasteiger partial charge is 0.477 e. The number of carbonyl (C=O) groups is 1. The first-order valence-corrected chi connectivity index (χ1v) is 8.23. The topological polar surface area (TPSA) is 94.5 Å². The van der Waals surface area contributed by atoms with Gasteiger partial charge in [0, 0.05) is 32.2 Å². The Morgan fingerprint density at radius 2 is 2.09 bits per heavy atom. The van der Waals surface area contributed by atoms with Gasteiger partial charge in [0.25, 0.3) is 0 Å². The molecule has 1 aliphatic heterocycles. The average Bonchev–Trinajstić information content (AvgIpc) is 3.04. The van der Waals surface area contributed by atoms with Crippen LogP contribution in [-0.2, 0) is 0 Å². The number of nitrogens with one attached hydrogen (secondary N) is 1. The summed E-state index contributed by atoms with van der Waals surface area (Å²) in [5.74, 6) is 0.500. The molecule has 2 aromatic rings. The summed E-state index contributed by atoms with van der Waals surface area (Å²) < 4.78 is 0. The van der Waals surface area contributed by atoms with Crippen LogP contribution in [0.15, 0.2) is 18.6 Å². The van der Waals surface area contributed by atoms with Gasteiger partial charge in [0.15, 0.2) is 5.13 Å². The Balaban J connectivity index is 1.68. The summed E-state index contributed by atoms with van der Waals surface area (Å²) in [4.78, 5) is 28.3. The quantitative estimate of drug-likeness (QED) is 0.850. The molecule has 3 heterocycles. The molecule has 3 rings (SSSR count). The van der Waals surface area contributed by atoms with E-state index in [1.165, 1.54) is 12.5 Å². The second-order valence-electron chi connectivity index (χ2n) is 5.14. The molecule has 1 fully saturated rings. The maximum atomic E-state index is 10.9. The lowest BCUT2D eigenvalue weighted by atomic mass is 10.3. The first-order valence-electron chi connectivity index (χ1n) is 7.41. The van der Waals surface area contributed by atoms with Crippen LogP contribution in [0.4, 0.5) is 16.8 Å². The van der Waals surface area contributed by atoms with Crippen LogP contribution in [0.2, 0.25) is 0 Å². The van der Waals surface area contributed by atoms with Crippen LogP contribution in [0.3, 0.4) is 0 Å². The van der Waals surface area contributed by atoms with E-state index in [4.69, 9.17) is 5.11 Å². The molecule has 0 radical (unpaired) electrons. The Morgan fingerprint density at radius 3 is 2.74 bits per heavy atom. The molecule has 122 valence electrons. The van der Waals surface area contributed by atoms with Crippen molar-refractivity contribution < 1.29 is 9.90 Å². The monoisotopic (exact) mass is 334 g/mol. The molecule has 0 bridgehead atoms. The lowest BCUT2D eigenvalue weighted by molar-refractivity contribution is 0.0702. The molecule has 8 nitrogen and oxygen atoms in total. The van der Waals surface area contributed by atoms with Crippen molar-refractivity contribution in [3.63, 3.8) is 0 Å². The number of piperazine rings is 1. The number of thiazole rings is 1. The highest BCUT2D eigenvalue weighted by Crippen LogP contribution is 2.23. The van der Waals surface area contributed by atoms with E-state index in [0.29, 0.717) is 10.9 Å². The number of aromatic carboxylic acids is 1. The number of rotatable bonds is 5. The molecule has 0 unspecified atom stereocenters. The van der Waals surface area contributed by atoms with Crippen LogP contribution in [0.1, 0.15) is 16.6 Å². The third-order valence-corrected chi connectivity index (χ3v) is 4.65. The van der Waals surface area contributed by atoms with Crippen molar-refractivity contribution in [2.75, 3.05) is 42.9 Å². The molecule has 1 aliphatic rings. The van der Waals surface area contributed by atoms with Gasteiger partial charge in [-0.1, -0.05) is 18.3 Å². The number of hydrogen-bond donors (Lipinski definition) is 2. The number of anilines is 3. The van der Waals surface area contributed by atoms with Gasteiger partial charge >= 0.3 is 5.97 Å². The van der Waals surface area contributed by atoms with Crippen molar-refractivity contribution in [1.82, 2.24) is 19.9 Å². The number of likely N-dealkylation sites (N-methyl/N-ethyl adjacent to an activating group) is 1. The van der Waals surface area contributed by atoms with Crippen molar-refractivity contribution >= 4 is 34.1 Å². The summed E-state index contributed by atoms with van der Waals surface area (Å²) in [6.45, 7) is 7.16. The molecule has 0 amide bonds. The predicted octanol–water partition coefficient (Wildman–Crippen LogP) is 1.52. The van der Waals surface area contributed by atoms with Crippen molar-refractivity contribution in [2.24, 2.45) is 0 Å². The van der Waals surface area contributed by atoms with Crippen molar-refractivity contribution in [3.05, 3.63) is 23.5 Å². The van der Waals surface area contributed by atoms with Gasteiger partial charge in [-0.2, -0.15) is 0 Å². The predicted molar refractivity (Wildman–Crippen MR) is 88.7 cm³/mol. The normalized spacial score (nSPS) is 15.6. The standard InChI is InChI=1S/C14H18N6O2S/c1-2-19-3-5-20(6-4-19)12-7-11(16-9-17-12)18-14-15-8-10(23-14)13(21)22/h7-9H,2-6H2,1H3,(H,21,22)(H,15,16,17,18). The maximum absolute atomic E-state index is 10.9. The zero-order valence-electron chi connectivity index (χ0n) is 12.8. The fraction of sp³-hybridized carbons (Fsp3) is 0.429. The Kier molecular flexibility index (Phi) is 4.68. The molecule has 23 heavy (non-hydrogen) atoms. The van der Waals surface area contributed by atoms with Crippen LogP contribution in [0, 0.1) is 0 Å². The number of hydrogen-bond acceptors (Lipinski definition) is 8. The second-order valence-corrected chi connectivity index (χ2v) is 6.17. The molecule has 2 N–H and O–H groups in total. The van der Waals surface area contributed by atoms with Crippen LogP contribution in [-0.4, -0.2) is 63.7 Å². The van der Waals surface area contributed by atoms with Gasteiger partial charge in [0.1, 0.15) is 22.8 Å². The highest BCUT2D eigenvalue weighted by atomic mass is 32.1. The molecule has 0 spiro atoms. The summed E-state index contributed by atoms with van der Waals surface area (Å²) in [7, 11) is 0. The van der Waals surface area contributed by atoms with Gasteiger partial charge < -0.3 is 20.2 Å². The fourth-order valence-corrected chi connectivity index (χ4v) is 3.08. The van der Waals surface area contributed by atoms with Crippen molar-refractivity contribution in [1.29, 1.82) is 0 Å². The first-order chi connectivity index (χ1) is 11.2.